The van der Waals surface area contributed by atoms with Crippen LogP contribution in [0.25, 0.3) is 0 Å². The van der Waals surface area contributed by atoms with Gasteiger partial charge in [0.25, 0.3) is 0 Å². The van der Waals surface area contributed by atoms with Crippen molar-refractivity contribution in [3.8, 4) is 0 Å². The van der Waals surface area contributed by atoms with E-state index in [4.69, 9.17) is 15.6 Å². The zero-order chi connectivity index (χ0) is 13.8. The van der Waals surface area contributed by atoms with Gasteiger partial charge in [-0.2, -0.15) is 0 Å². The Morgan fingerprint density at radius 3 is 2.44 bits per heavy atom. The summed E-state index contributed by atoms with van der Waals surface area (Å²) in [7, 11) is 0. The lowest BCUT2D eigenvalue weighted by molar-refractivity contribution is -0.137. The molecule has 0 aliphatic rings. The first-order valence-electron chi connectivity index (χ1n) is 6.36. The lowest BCUT2D eigenvalue weighted by Crippen LogP contribution is -2.36. The quantitative estimate of drug-likeness (QED) is 0.497. The van der Waals surface area contributed by atoms with E-state index in [0.29, 0.717) is 19.7 Å². The molecule has 1 amide bonds. The predicted molar refractivity (Wildman–Crippen MR) is 68.2 cm³/mol. The minimum atomic E-state index is -0.872. The fourth-order valence-corrected chi connectivity index (χ4v) is 1.48. The summed E-state index contributed by atoms with van der Waals surface area (Å²) in [5, 5.41) is 8.60. The fourth-order valence-electron chi connectivity index (χ4n) is 1.48. The molecule has 0 fully saturated rings. The number of ether oxygens (including phenoxy) is 1. The summed E-state index contributed by atoms with van der Waals surface area (Å²) in [6.45, 7) is 4.55. The number of aliphatic carboxylic acids is 1. The summed E-state index contributed by atoms with van der Waals surface area (Å²) in [6.07, 6.45) is 2.94. The Balaban J connectivity index is 3.71. The number of carbonyl (C=O) groups is 2. The lowest BCUT2D eigenvalue weighted by Gasteiger charge is -2.19. The number of unbranched alkanes of at least 4 members (excludes halogenated alkanes) is 1. The second-order valence-electron chi connectivity index (χ2n) is 4.21. The molecule has 106 valence electrons. The van der Waals surface area contributed by atoms with Crippen LogP contribution in [-0.4, -0.2) is 54.7 Å². The van der Waals surface area contributed by atoms with Gasteiger partial charge in [-0.05, 0) is 12.8 Å². The Morgan fingerprint density at radius 2 is 1.89 bits per heavy atom. The smallest absolute Gasteiger partial charge is 0.304 e. The molecular formula is C12H24N2O4. The van der Waals surface area contributed by atoms with Crippen LogP contribution >= 0.6 is 0 Å². The fraction of sp³-hybridized carbons (Fsp3) is 0.833. The number of primary amides is 1. The molecule has 3 N–H and O–H groups in total. The number of carbonyl (C=O) groups excluding carboxylic acids is 1. The van der Waals surface area contributed by atoms with Crippen LogP contribution in [0, 0.1) is 0 Å². The highest BCUT2D eigenvalue weighted by atomic mass is 16.5. The molecule has 0 spiro atoms. The first kappa shape index (κ1) is 16.9. The summed E-state index contributed by atoms with van der Waals surface area (Å²) in [5.74, 6) is -1.31. The van der Waals surface area contributed by atoms with Crippen LogP contribution < -0.4 is 5.73 Å². The third-order valence-electron chi connectivity index (χ3n) is 2.43. The maximum absolute atomic E-state index is 10.8. The monoisotopic (exact) mass is 260 g/mol. The molecule has 0 rings (SSSR count). The Labute approximate surface area is 108 Å². The van der Waals surface area contributed by atoms with Crippen molar-refractivity contribution < 1.29 is 19.4 Å². The van der Waals surface area contributed by atoms with Crippen molar-refractivity contribution in [1.82, 2.24) is 4.90 Å². The van der Waals surface area contributed by atoms with Crippen molar-refractivity contribution in [2.45, 2.75) is 32.6 Å². The number of hydrogen-bond donors (Lipinski definition) is 2. The minimum Gasteiger partial charge on any atom is -0.481 e. The summed E-state index contributed by atoms with van der Waals surface area (Å²) in [6, 6.07) is 0. The molecule has 0 bridgehead atoms. The number of rotatable bonds is 12. The molecule has 0 saturated heterocycles. The molecule has 0 aliphatic heterocycles. The predicted octanol–water partition coefficient (Wildman–Crippen LogP) is 0.455. The van der Waals surface area contributed by atoms with Crippen molar-refractivity contribution in [2.24, 2.45) is 5.73 Å². The zero-order valence-corrected chi connectivity index (χ0v) is 11.1. The van der Waals surface area contributed by atoms with E-state index in [0.717, 1.165) is 25.9 Å². The third-order valence-corrected chi connectivity index (χ3v) is 2.43. The maximum atomic E-state index is 10.8. The van der Waals surface area contributed by atoms with Crippen molar-refractivity contribution >= 4 is 11.9 Å². The SMILES string of the molecule is CCCCOCCCN(CCC(=O)O)CC(N)=O. The molecule has 0 heterocycles. The van der Waals surface area contributed by atoms with Crippen molar-refractivity contribution in [3.05, 3.63) is 0 Å². The minimum absolute atomic E-state index is 0.0178. The van der Waals surface area contributed by atoms with Gasteiger partial charge in [0, 0.05) is 26.3 Å². The standard InChI is InChI=1S/C12H24N2O4/c1-2-3-8-18-9-4-6-14(10-11(13)15)7-5-12(16)17/h2-10H2,1H3,(H2,13,15)(H,16,17). The Morgan fingerprint density at radius 1 is 1.22 bits per heavy atom. The first-order valence-corrected chi connectivity index (χ1v) is 6.36. The number of carboxylic acids is 1. The van der Waals surface area contributed by atoms with Gasteiger partial charge in [0.2, 0.25) is 5.91 Å². The largest absolute Gasteiger partial charge is 0.481 e. The van der Waals surface area contributed by atoms with Gasteiger partial charge in [0.05, 0.1) is 13.0 Å². The van der Waals surface area contributed by atoms with E-state index < -0.39 is 11.9 Å². The highest BCUT2D eigenvalue weighted by molar-refractivity contribution is 5.76. The van der Waals surface area contributed by atoms with Crippen LogP contribution in [0.3, 0.4) is 0 Å². The molecule has 6 heteroatoms. The third kappa shape index (κ3) is 11.3. The second-order valence-corrected chi connectivity index (χ2v) is 4.21. The van der Waals surface area contributed by atoms with Gasteiger partial charge in [-0.15, -0.1) is 0 Å². The van der Waals surface area contributed by atoms with Crippen LogP contribution in [-0.2, 0) is 14.3 Å². The average molecular weight is 260 g/mol. The summed E-state index contributed by atoms with van der Waals surface area (Å²) >= 11 is 0. The van der Waals surface area contributed by atoms with E-state index in [-0.39, 0.29) is 13.0 Å². The van der Waals surface area contributed by atoms with Gasteiger partial charge in [-0.1, -0.05) is 13.3 Å². The summed E-state index contributed by atoms with van der Waals surface area (Å²) in [4.78, 5) is 23.1. The normalized spacial score (nSPS) is 10.8. The van der Waals surface area contributed by atoms with E-state index in [1.54, 1.807) is 4.90 Å². The molecule has 0 unspecified atom stereocenters. The molecule has 0 aliphatic carbocycles. The van der Waals surface area contributed by atoms with Gasteiger partial charge >= 0.3 is 5.97 Å². The number of nitrogens with zero attached hydrogens (tertiary/aromatic N) is 1. The maximum Gasteiger partial charge on any atom is 0.304 e. The van der Waals surface area contributed by atoms with Crippen molar-refractivity contribution in [1.29, 1.82) is 0 Å². The van der Waals surface area contributed by atoms with Crippen LogP contribution in [0.5, 0.6) is 0 Å². The van der Waals surface area contributed by atoms with Crippen molar-refractivity contribution in [3.63, 3.8) is 0 Å². The summed E-state index contributed by atoms with van der Waals surface area (Å²) in [5.41, 5.74) is 5.11. The van der Waals surface area contributed by atoms with Gasteiger partial charge < -0.3 is 15.6 Å². The van der Waals surface area contributed by atoms with Crippen LogP contribution in [0.2, 0.25) is 0 Å². The summed E-state index contributed by atoms with van der Waals surface area (Å²) < 4.78 is 5.40. The van der Waals surface area contributed by atoms with E-state index >= 15 is 0 Å². The molecule has 0 atom stereocenters. The molecule has 18 heavy (non-hydrogen) atoms. The number of amides is 1. The van der Waals surface area contributed by atoms with Gasteiger partial charge in [0.1, 0.15) is 0 Å². The highest BCUT2D eigenvalue weighted by Crippen LogP contribution is 1.96. The highest BCUT2D eigenvalue weighted by Gasteiger charge is 2.09. The van der Waals surface area contributed by atoms with Crippen LogP contribution in [0.1, 0.15) is 32.6 Å². The van der Waals surface area contributed by atoms with Crippen LogP contribution in [0.4, 0.5) is 0 Å². The first-order chi connectivity index (χ1) is 8.56. The molecule has 0 radical (unpaired) electrons. The molecular weight excluding hydrogens is 236 g/mol. The zero-order valence-electron chi connectivity index (χ0n) is 11.1. The van der Waals surface area contributed by atoms with Crippen LogP contribution in [0.15, 0.2) is 0 Å². The molecule has 6 nitrogen and oxygen atoms in total. The van der Waals surface area contributed by atoms with Gasteiger partial charge in [-0.25, -0.2) is 0 Å². The molecule has 0 saturated carbocycles. The molecule has 0 aromatic carbocycles. The second kappa shape index (κ2) is 11.0. The number of hydrogen-bond acceptors (Lipinski definition) is 4. The molecule has 0 aromatic heterocycles. The Hall–Kier alpha value is -1.14. The Kier molecular flexibility index (Phi) is 10.3. The Bertz CT molecular complexity index is 246. The molecule has 0 aromatic rings. The van der Waals surface area contributed by atoms with Gasteiger partial charge in [-0.3, -0.25) is 14.5 Å². The van der Waals surface area contributed by atoms with Gasteiger partial charge in [0.15, 0.2) is 0 Å². The van der Waals surface area contributed by atoms with E-state index in [9.17, 15) is 9.59 Å². The number of carboxylic acid groups (broad SMARTS) is 1. The lowest BCUT2D eigenvalue weighted by atomic mass is 10.3. The van der Waals surface area contributed by atoms with E-state index in [1.807, 2.05) is 0 Å². The van der Waals surface area contributed by atoms with E-state index in [2.05, 4.69) is 6.92 Å². The number of nitrogens with two attached hydrogens (primary N) is 1. The van der Waals surface area contributed by atoms with Crippen molar-refractivity contribution in [2.75, 3.05) is 32.8 Å². The topological polar surface area (TPSA) is 92.9 Å². The average Bonchev–Trinajstić information content (AvgIpc) is 2.29. The van der Waals surface area contributed by atoms with E-state index in [1.165, 1.54) is 0 Å².